The van der Waals surface area contributed by atoms with E-state index in [1.165, 1.54) is 11.3 Å². The van der Waals surface area contributed by atoms with E-state index in [2.05, 4.69) is 10.3 Å². The van der Waals surface area contributed by atoms with Crippen molar-refractivity contribution in [1.29, 1.82) is 0 Å². The number of aliphatic carboxylic acids is 1. The zero-order valence-corrected chi connectivity index (χ0v) is 12.4. The Morgan fingerprint density at radius 2 is 2.05 bits per heavy atom. The van der Waals surface area contributed by atoms with Crippen molar-refractivity contribution in [3.63, 3.8) is 0 Å². The summed E-state index contributed by atoms with van der Waals surface area (Å²) in [6.07, 6.45) is 0.829. The van der Waals surface area contributed by atoms with Gasteiger partial charge in [-0.2, -0.15) is 0 Å². The van der Waals surface area contributed by atoms with Gasteiger partial charge in [-0.1, -0.05) is 0 Å². The van der Waals surface area contributed by atoms with Crippen LogP contribution < -0.4 is 5.32 Å². The number of hydrogen-bond acceptors (Lipinski definition) is 5. The third-order valence-electron chi connectivity index (χ3n) is 3.61. The smallest absolute Gasteiger partial charge is 0.311 e. The van der Waals surface area contributed by atoms with E-state index in [0.717, 1.165) is 9.88 Å². The lowest BCUT2D eigenvalue weighted by molar-refractivity contribution is -0.154. The highest BCUT2D eigenvalue weighted by molar-refractivity contribution is 7.11. The quantitative estimate of drug-likeness (QED) is 0.876. The van der Waals surface area contributed by atoms with Gasteiger partial charge in [-0.05, 0) is 26.7 Å². The summed E-state index contributed by atoms with van der Waals surface area (Å²) >= 11 is 1.46. The van der Waals surface area contributed by atoms with E-state index in [-0.39, 0.29) is 12.5 Å². The first kappa shape index (κ1) is 14.9. The first-order valence-electron chi connectivity index (χ1n) is 6.48. The summed E-state index contributed by atoms with van der Waals surface area (Å²) in [6, 6.07) is 0. The van der Waals surface area contributed by atoms with Gasteiger partial charge in [0.1, 0.15) is 5.69 Å². The van der Waals surface area contributed by atoms with Crippen molar-refractivity contribution in [1.82, 2.24) is 10.3 Å². The number of carboxylic acids is 1. The summed E-state index contributed by atoms with van der Waals surface area (Å²) in [5.74, 6) is -1.19. The Morgan fingerprint density at radius 1 is 1.40 bits per heavy atom. The Labute approximate surface area is 121 Å². The van der Waals surface area contributed by atoms with Gasteiger partial charge in [-0.15, -0.1) is 11.3 Å². The summed E-state index contributed by atoms with van der Waals surface area (Å²) in [4.78, 5) is 28.6. The summed E-state index contributed by atoms with van der Waals surface area (Å²) in [5.41, 5.74) is -0.535. The van der Waals surface area contributed by atoms with Crippen molar-refractivity contribution in [3.8, 4) is 0 Å². The minimum atomic E-state index is -0.924. The van der Waals surface area contributed by atoms with Crippen LogP contribution in [0.5, 0.6) is 0 Å². The van der Waals surface area contributed by atoms with Crippen molar-refractivity contribution in [2.45, 2.75) is 26.7 Å². The van der Waals surface area contributed by atoms with Crippen molar-refractivity contribution >= 4 is 23.2 Å². The molecule has 1 saturated heterocycles. The molecular weight excluding hydrogens is 280 g/mol. The summed E-state index contributed by atoms with van der Waals surface area (Å²) < 4.78 is 5.20. The molecule has 1 amide bonds. The van der Waals surface area contributed by atoms with Gasteiger partial charge in [0.05, 0.1) is 10.4 Å². The van der Waals surface area contributed by atoms with Crippen molar-refractivity contribution in [2.75, 3.05) is 19.8 Å². The molecule has 2 N–H and O–H groups in total. The second-order valence-corrected chi connectivity index (χ2v) is 6.43. The third-order valence-corrected chi connectivity index (χ3v) is 4.50. The maximum Gasteiger partial charge on any atom is 0.311 e. The number of nitrogens with one attached hydrogen (secondary N) is 1. The molecule has 110 valence electrons. The number of amides is 1. The maximum atomic E-state index is 12.1. The first-order valence-corrected chi connectivity index (χ1v) is 7.30. The lowest BCUT2D eigenvalue weighted by Gasteiger charge is -2.33. The van der Waals surface area contributed by atoms with Crippen LogP contribution in [-0.4, -0.2) is 41.7 Å². The largest absolute Gasteiger partial charge is 0.481 e. The normalized spacial score (nSPS) is 17.7. The molecule has 0 bridgehead atoms. The van der Waals surface area contributed by atoms with Gasteiger partial charge >= 0.3 is 5.97 Å². The molecule has 1 aromatic heterocycles. The summed E-state index contributed by atoms with van der Waals surface area (Å²) in [6.45, 7) is 4.61. The van der Waals surface area contributed by atoms with Gasteiger partial charge in [0.2, 0.25) is 0 Å². The van der Waals surface area contributed by atoms with Gasteiger partial charge in [0.15, 0.2) is 0 Å². The van der Waals surface area contributed by atoms with Crippen LogP contribution in [0.25, 0.3) is 0 Å². The Balaban J connectivity index is 2.04. The second kappa shape index (κ2) is 5.88. The Bertz CT molecular complexity index is 520. The van der Waals surface area contributed by atoms with Crippen LogP contribution in [0.15, 0.2) is 0 Å². The standard InChI is InChI=1S/C13H18N2O4S/c1-8-10(15-9(2)20-8)11(16)14-7-13(12(17)18)3-5-19-6-4-13/h3-7H2,1-2H3,(H,14,16)(H,17,18). The fraction of sp³-hybridized carbons (Fsp3) is 0.615. The second-order valence-electron chi connectivity index (χ2n) is 5.02. The fourth-order valence-corrected chi connectivity index (χ4v) is 3.12. The summed E-state index contributed by atoms with van der Waals surface area (Å²) in [7, 11) is 0. The molecule has 1 fully saturated rings. The van der Waals surface area contributed by atoms with Crippen LogP contribution in [0, 0.1) is 19.3 Å². The molecule has 0 spiro atoms. The van der Waals surface area contributed by atoms with Crippen molar-refractivity contribution in [2.24, 2.45) is 5.41 Å². The number of nitrogens with zero attached hydrogens (tertiary/aromatic N) is 1. The van der Waals surface area contributed by atoms with Crippen LogP contribution in [0.3, 0.4) is 0 Å². The van der Waals surface area contributed by atoms with Crippen molar-refractivity contribution in [3.05, 3.63) is 15.6 Å². The SMILES string of the molecule is Cc1nc(C(=O)NCC2(C(=O)O)CCOCC2)c(C)s1. The van der Waals surface area contributed by atoms with E-state index < -0.39 is 11.4 Å². The molecule has 6 nitrogen and oxygen atoms in total. The fourth-order valence-electron chi connectivity index (χ4n) is 2.30. The van der Waals surface area contributed by atoms with Crippen LogP contribution in [0.2, 0.25) is 0 Å². The maximum absolute atomic E-state index is 12.1. The molecule has 0 aliphatic carbocycles. The van der Waals surface area contributed by atoms with Crippen LogP contribution >= 0.6 is 11.3 Å². The molecule has 1 aromatic rings. The molecule has 1 aliphatic rings. The minimum absolute atomic E-state index is 0.112. The molecule has 0 atom stereocenters. The number of aromatic nitrogens is 1. The Morgan fingerprint density at radius 3 is 2.55 bits per heavy atom. The number of rotatable bonds is 4. The molecule has 0 unspecified atom stereocenters. The number of carboxylic acid groups (broad SMARTS) is 1. The highest BCUT2D eigenvalue weighted by atomic mass is 32.1. The third kappa shape index (κ3) is 2.99. The van der Waals surface area contributed by atoms with Crippen LogP contribution in [-0.2, 0) is 9.53 Å². The van der Waals surface area contributed by atoms with Gasteiger partial charge in [-0.3, -0.25) is 9.59 Å². The Kier molecular flexibility index (Phi) is 4.39. The topological polar surface area (TPSA) is 88.5 Å². The average Bonchev–Trinajstić information content (AvgIpc) is 2.76. The zero-order chi connectivity index (χ0) is 14.8. The molecule has 2 heterocycles. The van der Waals surface area contributed by atoms with E-state index in [0.29, 0.717) is 31.7 Å². The van der Waals surface area contributed by atoms with E-state index >= 15 is 0 Å². The number of aryl methyl sites for hydroxylation is 2. The van der Waals surface area contributed by atoms with Gasteiger partial charge in [0, 0.05) is 24.6 Å². The minimum Gasteiger partial charge on any atom is -0.481 e. The number of hydrogen-bond donors (Lipinski definition) is 2. The number of ether oxygens (including phenoxy) is 1. The molecular formula is C13H18N2O4S. The molecule has 1 aliphatic heterocycles. The van der Waals surface area contributed by atoms with Crippen molar-refractivity contribution < 1.29 is 19.4 Å². The first-order chi connectivity index (χ1) is 9.44. The van der Waals surface area contributed by atoms with E-state index in [1.54, 1.807) is 0 Å². The number of carbonyl (C=O) groups excluding carboxylic acids is 1. The van der Waals surface area contributed by atoms with Crippen LogP contribution in [0.4, 0.5) is 0 Å². The highest BCUT2D eigenvalue weighted by Crippen LogP contribution is 2.30. The van der Waals surface area contributed by atoms with E-state index in [9.17, 15) is 14.7 Å². The van der Waals surface area contributed by atoms with E-state index in [1.807, 2.05) is 13.8 Å². The number of carbonyl (C=O) groups is 2. The van der Waals surface area contributed by atoms with Gasteiger partial charge in [0.25, 0.3) is 5.91 Å². The lowest BCUT2D eigenvalue weighted by Crippen LogP contribution is -2.46. The monoisotopic (exact) mass is 298 g/mol. The zero-order valence-electron chi connectivity index (χ0n) is 11.6. The van der Waals surface area contributed by atoms with E-state index in [4.69, 9.17) is 4.74 Å². The summed E-state index contributed by atoms with van der Waals surface area (Å²) in [5, 5.41) is 12.9. The number of thiazole rings is 1. The molecule has 7 heteroatoms. The molecule has 2 rings (SSSR count). The molecule has 20 heavy (non-hydrogen) atoms. The Hall–Kier alpha value is -1.47. The predicted octanol–water partition coefficient (Wildman–Crippen LogP) is 1.37. The van der Waals surface area contributed by atoms with Gasteiger partial charge in [-0.25, -0.2) is 4.98 Å². The molecule has 0 aromatic carbocycles. The average molecular weight is 298 g/mol. The molecule has 0 radical (unpaired) electrons. The van der Waals surface area contributed by atoms with Gasteiger partial charge < -0.3 is 15.2 Å². The lowest BCUT2D eigenvalue weighted by atomic mass is 9.80. The highest BCUT2D eigenvalue weighted by Gasteiger charge is 2.40. The van der Waals surface area contributed by atoms with Crippen LogP contribution in [0.1, 0.15) is 33.2 Å². The predicted molar refractivity (Wildman–Crippen MR) is 74.0 cm³/mol. The molecule has 0 saturated carbocycles.